The van der Waals surface area contributed by atoms with E-state index in [1.54, 1.807) is 18.4 Å². The predicted molar refractivity (Wildman–Crippen MR) is 87.4 cm³/mol. The van der Waals surface area contributed by atoms with E-state index >= 15 is 0 Å². The van der Waals surface area contributed by atoms with Crippen LogP contribution >= 0.6 is 11.3 Å². The second-order valence-electron chi connectivity index (χ2n) is 5.79. The van der Waals surface area contributed by atoms with E-state index in [1.165, 1.54) is 42.5 Å². The van der Waals surface area contributed by atoms with Crippen molar-refractivity contribution in [3.8, 4) is 5.75 Å². The number of aliphatic hydroxyl groups is 1. The maximum absolute atomic E-state index is 10.7. The third-order valence-electron chi connectivity index (χ3n) is 4.27. The Morgan fingerprint density at radius 1 is 1.14 bits per heavy atom. The van der Waals surface area contributed by atoms with Gasteiger partial charge in [-0.1, -0.05) is 12.5 Å². The Hall–Kier alpha value is -1.32. The Labute approximate surface area is 130 Å². The van der Waals surface area contributed by atoms with Crippen molar-refractivity contribution in [3.63, 3.8) is 0 Å². The largest absolute Gasteiger partial charge is 0.496 e. The standard InChI is InChI=1S/C18H22O2S/c1-12-10-14(8-9-15(12)20-2)18(19)17-11-13-6-4-3-5-7-16(13)21-17/h8-11,18-19H,3-7H2,1-2H3. The van der Waals surface area contributed by atoms with Crippen LogP contribution in [0.15, 0.2) is 24.3 Å². The van der Waals surface area contributed by atoms with Crippen LogP contribution in [0.5, 0.6) is 5.75 Å². The van der Waals surface area contributed by atoms with Gasteiger partial charge in [-0.2, -0.15) is 0 Å². The van der Waals surface area contributed by atoms with Crippen LogP contribution in [-0.4, -0.2) is 12.2 Å². The summed E-state index contributed by atoms with van der Waals surface area (Å²) in [6, 6.07) is 8.14. The zero-order valence-electron chi connectivity index (χ0n) is 12.7. The van der Waals surface area contributed by atoms with E-state index < -0.39 is 6.10 Å². The quantitative estimate of drug-likeness (QED) is 0.851. The Morgan fingerprint density at radius 3 is 2.71 bits per heavy atom. The molecule has 112 valence electrons. The van der Waals surface area contributed by atoms with Gasteiger partial charge in [0.05, 0.1) is 7.11 Å². The van der Waals surface area contributed by atoms with Gasteiger partial charge in [0, 0.05) is 9.75 Å². The normalized spacial score (nSPS) is 16.1. The fraction of sp³-hybridized carbons (Fsp3) is 0.444. The first-order chi connectivity index (χ1) is 10.2. The minimum absolute atomic E-state index is 0.522. The molecule has 1 aromatic carbocycles. The van der Waals surface area contributed by atoms with Gasteiger partial charge in [0.25, 0.3) is 0 Å². The van der Waals surface area contributed by atoms with Gasteiger partial charge in [-0.25, -0.2) is 0 Å². The molecule has 1 aromatic heterocycles. The van der Waals surface area contributed by atoms with E-state index in [0.29, 0.717) is 0 Å². The number of benzene rings is 1. The van der Waals surface area contributed by atoms with Crippen molar-refractivity contribution in [3.05, 3.63) is 50.7 Å². The van der Waals surface area contributed by atoms with Crippen LogP contribution < -0.4 is 4.74 Å². The highest BCUT2D eigenvalue weighted by Gasteiger charge is 2.18. The molecule has 1 atom stereocenters. The van der Waals surface area contributed by atoms with Crippen LogP contribution in [0.3, 0.4) is 0 Å². The molecule has 2 aromatic rings. The van der Waals surface area contributed by atoms with Crippen molar-refractivity contribution < 1.29 is 9.84 Å². The van der Waals surface area contributed by atoms with E-state index in [-0.39, 0.29) is 0 Å². The molecule has 3 heteroatoms. The smallest absolute Gasteiger partial charge is 0.121 e. The number of ether oxygens (including phenoxy) is 1. The van der Waals surface area contributed by atoms with Gasteiger partial charge in [-0.05, 0) is 67.5 Å². The highest BCUT2D eigenvalue weighted by molar-refractivity contribution is 7.12. The first kappa shape index (κ1) is 14.6. The molecular weight excluding hydrogens is 280 g/mol. The third-order valence-corrected chi connectivity index (χ3v) is 5.56. The number of methoxy groups -OCH3 is 1. The van der Waals surface area contributed by atoms with Gasteiger partial charge in [-0.15, -0.1) is 11.3 Å². The first-order valence-corrected chi connectivity index (χ1v) is 8.45. The topological polar surface area (TPSA) is 29.5 Å². The van der Waals surface area contributed by atoms with E-state index in [9.17, 15) is 5.11 Å². The minimum atomic E-state index is -0.522. The lowest BCUT2D eigenvalue weighted by molar-refractivity contribution is 0.224. The number of hydrogen-bond donors (Lipinski definition) is 1. The molecule has 0 saturated carbocycles. The number of fused-ring (bicyclic) bond motifs is 1. The van der Waals surface area contributed by atoms with Crippen LogP contribution in [0.1, 0.15) is 51.8 Å². The Balaban J connectivity index is 1.88. The molecule has 0 saturated heterocycles. The molecule has 1 aliphatic rings. The molecule has 1 heterocycles. The lowest BCUT2D eigenvalue weighted by Gasteiger charge is -2.12. The molecule has 0 spiro atoms. The van der Waals surface area contributed by atoms with E-state index in [4.69, 9.17) is 4.74 Å². The SMILES string of the molecule is COc1ccc(C(O)c2cc3c(s2)CCCCC3)cc1C. The van der Waals surface area contributed by atoms with Crippen LogP contribution in [0, 0.1) is 6.92 Å². The summed E-state index contributed by atoms with van der Waals surface area (Å²) in [7, 11) is 1.68. The van der Waals surface area contributed by atoms with Crippen molar-refractivity contribution >= 4 is 11.3 Å². The zero-order valence-corrected chi connectivity index (χ0v) is 13.5. The monoisotopic (exact) mass is 302 g/mol. The van der Waals surface area contributed by atoms with Gasteiger partial charge in [-0.3, -0.25) is 0 Å². The maximum atomic E-state index is 10.7. The summed E-state index contributed by atoms with van der Waals surface area (Å²) < 4.78 is 5.29. The molecule has 1 aliphatic carbocycles. The Bertz CT molecular complexity index is 607. The number of aliphatic hydroxyl groups excluding tert-OH is 1. The average Bonchev–Trinajstić information content (AvgIpc) is 2.77. The summed E-state index contributed by atoms with van der Waals surface area (Å²) in [5.41, 5.74) is 3.47. The van der Waals surface area contributed by atoms with E-state index in [1.807, 2.05) is 25.1 Å². The average molecular weight is 302 g/mol. The molecule has 0 amide bonds. The molecule has 0 fully saturated rings. The van der Waals surface area contributed by atoms with Gasteiger partial charge in [0.2, 0.25) is 0 Å². The van der Waals surface area contributed by atoms with Crippen molar-refractivity contribution in [2.24, 2.45) is 0 Å². The van der Waals surface area contributed by atoms with Crippen molar-refractivity contribution in [2.75, 3.05) is 7.11 Å². The highest BCUT2D eigenvalue weighted by Crippen LogP contribution is 2.35. The van der Waals surface area contributed by atoms with Crippen LogP contribution in [0.4, 0.5) is 0 Å². The van der Waals surface area contributed by atoms with Gasteiger partial charge >= 0.3 is 0 Å². The van der Waals surface area contributed by atoms with E-state index in [2.05, 4.69) is 6.07 Å². The fourth-order valence-electron chi connectivity index (χ4n) is 3.06. The van der Waals surface area contributed by atoms with Gasteiger partial charge in [0.1, 0.15) is 11.9 Å². The zero-order chi connectivity index (χ0) is 14.8. The molecule has 0 bridgehead atoms. The molecule has 1 unspecified atom stereocenters. The maximum Gasteiger partial charge on any atom is 0.121 e. The number of rotatable bonds is 3. The van der Waals surface area contributed by atoms with E-state index in [0.717, 1.165) is 21.8 Å². The first-order valence-electron chi connectivity index (χ1n) is 7.63. The summed E-state index contributed by atoms with van der Waals surface area (Å²) >= 11 is 1.79. The highest BCUT2D eigenvalue weighted by atomic mass is 32.1. The molecule has 0 radical (unpaired) electrons. The summed E-state index contributed by atoms with van der Waals surface area (Å²) in [5.74, 6) is 0.868. The summed E-state index contributed by atoms with van der Waals surface area (Å²) in [6.07, 6.45) is 5.71. The minimum Gasteiger partial charge on any atom is -0.496 e. The third kappa shape index (κ3) is 2.99. The summed E-state index contributed by atoms with van der Waals surface area (Å²) in [5, 5.41) is 10.7. The fourth-order valence-corrected chi connectivity index (χ4v) is 4.33. The molecule has 21 heavy (non-hydrogen) atoms. The number of aryl methyl sites for hydroxylation is 3. The van der Waals surface area contributed by atoms with Gasteiger partial charge < -0.3 is 9.84 Å². The van der Waals surface area contributed by atoms with Crippen molar-refractivity contribution in [1.29, 1.82) is 0 Å². The van der Waals surface area contributed by atoms with Crippen molar-refractivity contribution in [1.82, 2.24) is 0 Å². The summed E-state index contributed by atoms with van der Waals surface area (Å²) in [6.45, 7) is 2.01. The second kappa shape index (κ2) is 6.20. The Morgan fingerprint density at radius 2 is 1.95 bits per heavy atom. The van der Waals surface area contributed by atoms with Crippen LogP contribution in [-0.2, 0) is 12.8 Å². The number of hydrogen-bond acceptors (Lipinski definition) is 3. The van der Waals surface area contributed by atoms with Crippen LogP contribution in [0.2, 0.25) is 0 Å². The van der Waals surface area contributed by atoms with Crippen LogP contribution in [0.25, 0.3) is 0 Å². The molecular formula is C18H22O2S. The Kier molecular flexibility index (Phi) is 4.32. The summed E-state index contributed by atoms with van der Waals surface area (Å²) in [4.78, 5) is 2.55. The predicted octanol–water partition coefficient (Wildman–Crippen LogP) is 4.42. The molecule has 1 N–H and O–H groups in total. The second-order valence-corrected chi connectivity index (χ2v) is 6.96. The number of thiophene rings is 1. The van der Waals surface area contributed by atoms with Gasteiger partial charge in [0.15, 0.2) is 0 Å². The lowest BCUT2D eigenvalue weighted by Crippen LogP contribution is -1.98. The lowest BCUT2D eigenvalue weighted by atomic mass is 10.0. The molecule has 3 rings (SSSR count). The molecule has 0 aliphatic heterocycles. The molecule has 2 nitrogen and oxygen atoms in total. The van der Waals surface area contributed by atoms with Crippen molar-refractivity contribution in [2.45, 2.75) is 45.1 Å².